The molecule has 2 aromatic rings. The van der Waals surface area contributed by atoms with Crippen LogP contribution in [0.25, 0.3) is 0 Å². The predicted molar refractivity (Wildman–Crippen MR) is 117 cm³/mol. The quantitative estimate of drug-likeness (QED) is 0.657. The Morgan fingerprint density at radius 3 is 2.63 bits per heavy atom. The number of carbonyl (C=O) groups excluding carboxylic acids is 1. The molecule has 0 atom stereocenters. The predicted octanol–water partition coefficient (Wildman–Crippen LogP) is 4.30. The highest BCUT2D eigenvalue weighted by molar-refractivity contribution is 6.27. The van der Waals surface area contributed by atoms with Gasteiger partial charge in [-0.05, 0) is 50.1 Å². The van der Waals surface area contributed by atoms with Crippen LogP contribution in [0.2, 0.25) is 0 Å². The van der Waals surface area contributed by atoms with E-state index in [-0.39, 0.29) is 6.10 Å². The third kappa shape index (κ3) is 4.64. The first-order chi connectivity index (χ1) is 14.7. The molecule has 30 heavy (non-hydrogen) atoms. The number of benzene rings is 2. The first-order valence-corrected chi connectivity index (χ1v) is 10.8. The molecule has 0 unspecified atom stereocenters. The van der Waals surface area contributed by atoms with Crippen LogP contribution in [0.4, 0.5) is 11.4 Å². The van der Waals surface area contributed by atoms with Crippen LogP contribution in [-0.4, -0.2) is 36.6 Å². The van der Waals surface area contributed by atoms with Gasteiger partial charge < -0.3 is 14.5 Å². The van der Waals surface area contributed by atoms with Crippen LogP contribution in [-0.2, 0) is 4.84 Å². The SMILES string of the molecule is CCCCN1CCC(Oc2cccc3c2N(Cl)NN3OC(=O)c2ccccc2)CC1. The molecule has 0 spiro atoms. The number of hydrogen-bond donors (Lipinski definition) is 1. The highest BCUT2D eigenvalue weighted by Gasteiger charge is 2.33. The fraction of sp³-hybridized carbons (Fsp3) is 0.409. The molecule has 1 fully saturated rings. The number of piperidine rings is 1. The molecular formula is C22H27ClN4O3. The molecule has 0 aliphatic carbocycles. The van der Waals surface area contributed by atoms with E-state index in [0.29, 0.717) is 22.7 Å². The summed E-state index contributed by atoms with van der Waals surface area (Å²) in [6, 6.07) is 14.4. The monoisotopic (exact) mass is 430 g/mol. The minimum atomic E-state index is -0.480. The normalized spacial score (nSPS) is 17.1. The van der Waals surface area contributed by atoms with Crippen LogP contribution in [0.3, 0.4) is 0 Å². The van der Waals surface area contributed by atoms with Crippen LogP contribution in [0, 0.1) is 0 Å². The van der Waals surface area contributed by atoms with Gasteiger partial charge in [-0.2, -0.15) is 4.53 Å². The minimum absolute atomic E-state index is 0.139. The smallest absolute Gasteiger partial charge is 0.365 e. The van der Waals surface area contributed by atoms with Gasteiger partial charge in [0.25, 0.3) is 0 Å². The molecule has 0 aromatic heterocycles. The van der Waals surface area contributed by atoms with Crippen LogP contribution in [0.1, 0.15) is 43.0 Å². The van der Waals surface area contributed by atoms with Crippen molar-refractivity contribution in [3.63, 3.8) is 0 Å². The van der Waals surface area contributed by atoms with Crippen molar-refractivity contribution in [1.29, 1.82) is 0 Å². The van der Waals surface area contributed by atoms with E-state index in [9.17, 15) is 4.79 Å². The van der Waals surface area contributed by atoms with Crippen molar-refractivity contribution in [2.75, 3.05) is 29.3 Å². The molecule has 2 heterocycles. The molecule has 2 aliphatic rings. The van der Waals surface area contributed by atoms with E-state index < -0.39 is 5.97 Å². The molecule has 8 heteroatoms. The van der Waals surface area contributed by atoms with Gasteiger partial charge in [0.15, 0.2) is 0 Å². The number of hydrazine groups is 2. The Kier molecular flexibility index (Phi) is 6.62. The molecule has 4 rings (SSSR count). The minimum Gasteiger partial charge on any atom is -0.488 e. The van der Waals surface area contributed by atoms with Gasteiger partial charge in [0, 0.05) is 24.9 Å². The topological polar surface area (TPSA) is 57.3 Å². The van der Waals surface area contributed by atoms with Gasteiger partial charge in [-0.1, -0.05) is 43.1 Å². The second-order valence-electron chi connectivity index (χ2n) is 7.56. The van der Waals surface area contributed by atoms with Crippen molar-refractivity contribution in [2.45, 2.75) is 38.7 Å². The molecule has 7 nitrogen and oxygen atoms in total. The summed E-state index contributed by atoms with van der Waals surface area (Å²) in [6.45, 7) is 5.47. The van der Waals surface area contributed by atoms with E-state index in [0.717, 1.165) is 32.5 Å². The summed E-state index contributed by atoms with van der Waals surface area (Å²) in [5, 5.41) is 1.26. The van der Waals surface area contributed by atoms with Gasteiger partial charge in [-0.15, -0.1) is 5.17 Å². The van der Waals surface area contributed by atoms with E-state index in [1.165, 1.54) is 22.5 Å². The van der Waals surface area contributed by atoms with Gasteiger partial charge in [-0.25, -0.2) is 4.79 Å². The molecule has 0 amide bonds. The fourth-order valence-corrected chi connectivity index (χ4v) is 3.98. The van der Waals surface area contributed by atoms with E-state index in [1.807, 2.05) is 24.3 Å². The molecule has 160 valence electrons. The van der Waals surface area contributed by atoms with Gasteiger partial charge >= 0.3 is 5.97 Å². The molecule has 1 N–H and O–H groups in total. The van der Waals surface area contributed by atoms with E-state index >= 15 is 0 Å². The van der Waals surface area contributed by atoms with Gasteiger partial charge in [0.05, 0.1) is 5.56 Å². The Morgan fingerprint density at radius 1 is 1.13 bits per heavy atom. The number of carbonyl (C=O) groups is 1. The first-order valence-electron chi connectivity index (χ1n) is 10.5. The van der Waals surface area contributed by atoms with E-state index in [1.54, 1.807) is 24.3 Å². The maximum atomic E-state index is 12.4. The molecule has 2 aromatic carbocycles. The lowest BCUT2D eigenvalue weighted by molar-refractivity contribution is 0.0408. The Labute approximate surface area is 182 Å². The maximum absolute atomic E-state index is 12.4. The number of anilines is 2. The number of nitrogens with one attached hydrogen (secondary N) is 1. The van der Waals surface area contributed by atoms with Crippen LogP contribution < -0.4 is 20.0 Å². The molecule has 0 radical (unpaired) electrons. The maximum Gasteiger partial charge on any atom is 0.365 e. The summed E-state index contributed by atoms with van der Waals surface area (Å²) in [4.78, 5) is 20.4. The third-order valence-corrected chi connectivity index (χ3v) is 5.66. The molecule has 2 aliphatic heterocycles. The molecule has 1 saturated heterocycles. The summed E-state index contributed by atoms with van der Waals surface area (Å²) in [5.74, 6) is 0.187. The zero-order valence-electron chi connectivity index (χ0n) is 17.1. The second kappa shape index (κ2) is 9.55. The highest BCUT2D eigenvalue weighted by atomic mass is 35.5. The number of nitrogens with zero attached hydrogens (tertiary/aromatic N) is 3. The third-order valence-electron chi connectivity index (χ3n) is 5.41. The number of fused-ring (bicyclic) bond motifs is 1. The lowest BCUT2D eigenvalue weighted by Crippen LogP contribution is -2.41. The van der Waals surface area contributed by atoms with Crippen molar-refractivity contribution in [1.82, 2.24) is 10.4 Å². The zero-order chi connectivity index (χ0) is 20.9. The summed E-state index contributed by atoms with van der Waals surface area (Å²) < 4.78 is 7.59. The Bertz CT molecular complexity index is 859. The zero-order valence-corrected chi connectivity index (χ0v) is 17.8. The average molecular weight is 431 g/mol. The number of halogens is 1. The van der Waals surface area contributed by atoms with E-state index in [4.69, 9.17) is 21.4 Å². The lowest BCUT2D eigenvalue weighted by Gasteiger charge is -2.32. The number of rotatable bonds is 7. The molecule has 0 bridgehead atoms. The summed E-state index contributed by atoms with van der Waals surface area (Å²) >= 11 is 6.37. The number of unbranched alkanes of at least 4 members (excludes halogenated alkanes) is 1. The van der Waals surface area contributed by atoms with Crippen molar-refractivity contribution in [2.24, 2.45) is 0 Å². The van der Waals surface area contributed by atoms with Crippen LogP contribution >= 0.6 is 11.8 Å². The molecule has 0 saturated carbocycles. The highest BCUT2D eigenvalue weighted by Crippen LogP contribution is 2.43. The Hall–Kier alpha value is -2.48. The van der Waals surface area contributed by atoms with Crippen LogP contribution in [0.15, 0.2) is 48.5 Å². The van der Waals surface area contributed by atoms with E-state index in [2.05, 4.69) is 17.4 Å². The first kappa shape index (κ1) is 20.8. The lowest BCUT2D eigenvalue weighted by atomic mass is 10.1. The fourth-order valence-electron chi connectivity index (χ4n) is 3.74. The Morgan fingerprint density at radius 2 is 1.90 bits per heavy atom. The van der Waals surface area contributed by atoms with Crippen molar-refractivity contribution in [3.8, 4) is 5.75 Å². The summed E-state index contributed by atoms with van der Waals surface area (Å²) in [6.07, 6.45) is 4.56. The number of hydrogen-bond acceptors (Lipinski definition) is 7. The Balaban J connectivity index is 1.42. The number of ether oxygens (including phenoxy) is 1. The number of para-hydroxylation sites is 1. The van der Waals surface area contributed by atoms with Crippen molar-refractivity contribution < 1.29 is 14.4 Å². The number of likely N-dealkylation sites (tertiary alicyclic amines) is 1. The van der Waals surface area contributed by atoms with Crippen LogP contribution in [0.5, 0.6) is 5.75 Å². The average Bonchev–Trinajstić information content (AvgIpc) is 3.10. The summed E-state index contributed by atoms with van der Waals surface area (Å²) in [5.41, 5.74) is 4.53. The second-order valence-corrected chi connectivity index (χ2v) is 7.89. The summed E-state index contributed by atoms with van der Waals surface area (Å²) in [7, 11) is 0. The van der Waals surface area contributed by atoms with Gasteiger partial charge in [-0.3, -0.25) is 0 Å². The van der Waals surface area contributed by atoms with Crippen molar-refractivity contribution in [3.05, 3.63) is 54.1 Å². The standard InChI is InChI=1S/C22H27ClN4O3/c1-2-3-14-25-15-12-18(13-16-25)29-20-11-7-10-19-21(20)26(23)24-27(19)30-22(28)17-8-5-4-6-9-17/h4-11,18,24H,2-3,12-16H2,1H3. The van der Waals surface area contributed by atoms with Gasteiger partial charge in [0.1, 0.15) is 23.2 Å². The van der Waals surface area contributed by atoms with Gasteiger partial charge in [0.2, 0.25) is 0 Å². The largest absolute Gasteiger partial charge is 0.488 e. The van der Waals surface area contributed by atoms with Crippen molar-refractivity contribution >= 4 is 29.1 Å². The molecular weight excluding hydrogens is 404 g/mol.